The van der Waals surface area contributed by atoms with Gasteiger partial charge in [0.2, 0.25) is 11.8 Å². The highest BCUT2D eigenvalue weighted by Gasteiger charge is 2.31. The highest BCUT2D eigenvalue weighted by molar-refractivity contribution is 5.97. The summed E-state index contributed by atoms with van der Waals surface area (Å²) in [5.41, 5.74) is 3.33. The third kappa shape index (κ3) is 5.49. The van der Waals surface area contributed by atoms with E-state index in [9.17, 15) is 9.59 Å². The summed E-state index contributed by atoms with van der Waals surface area (Å²) in [5.74, 6) is -0.0135. The second kappa shape index (κ2) is 10.6. The lowest BCUT2D eigenvalue weighted by Gasteiger charge is -2.36. The van der Waals surface area contributed by atoms with Gasteiger partial charge in [-0.25, -0.2) is 0 Å². The predicted octanol–water partition coefficient (Wildman–Crippen LogP) is 3.74. The Morgan fingerprint density at radius 3 is 2.31 bits per heavy atom. The van der Waals surface area contributed by atoms with Crippen LogP contribution < -0.4 is 10.2 Å². The summed E-state index contributed by atoms with van der Waals surface area (Å²) in [4.78, 5) is 31.7. The fraction of sp³-hybridized carbons (Fsp3) is 0.462. The Morgan fingerprint density at radius 1 is 0.906 bits per heavy atom. The molecule has 0 saturated carbocycles. The lowest BCUT2D eigenvalue weighted by Crippen LogP contribution is -2.49. The van der Waals surface area contributed by atoms with E-state index in [1.165, 1.54) is 11.3 Å². The lowest BCUT2D eigenvalue weighted by atomic mass is 10.0. The van der Waals surface area contributed by atoms with Crippen molar-refractivity contribution < 1.29 is 9.59 Å². The van der Waals surface area contributed by atoms with Crippen LogP contribution in [0.25, 0.3) is 0 Å². The fourth-order valence-electron chi connectivity index (χ4n) is 4.69. The topological polar surface area (TPSA) is 55.9 Å². The first-order chi connectivity index (χ1) is 15.6. The van der Waals surface area contributed by atoms with E-state index in [-0.39, 0.29) is 17.9 Å². The van der Waals surface area contributed by atoms with Crippen molar-refractivity contribution in [2.24, 2.45) is 0 Å². The molecule has 1 atom stereocenters. The summed E-state index contributed by atoms with van der Waals surface area (Å²) in [6.45, 7) is 7.60. The molecule has 0 radical (unpaired) electrons. The third-order valence-corrected chi connectivity index (χ3v) is 6.55. The van der Waals surface area contributed by atoms with Gasteiger partial charge in [-0.1, -0.05) is 37.3 Å². The van der Waals surface area contributed by atoms with Crippen LogP contribution in [0.15, 0.2) is 54.6 Å². The normalized spacial score (nSPS) is 19.6. The Balaban J connectivity index is 1.29. The van der Waals surface area contributed by atoms with Crippen molar-refractivity contribution in [1.82, 2.24) is 9.80 Å². The van der Waals surface area contributed by atoms with Gasteiger partial charge in [-0.05, 0) is 49.1 Å². The number of anilines is 2. The molecule has 1 unspecified atom stereocenters. The van der Waals surface area contributed by atoms with Crippen molar-refractivity contribution in [2.45, 2.75) is 45.2 Å². The van der Waals surface area contributed by atoms with Crippen molar-refractivity contribution >= 4 is 23.2 Å². The molecule has 2 aliphatic heterocycles. The number of amides is 2. The third-order valence-electron chi connectivity index (χ3n) is 6.55. The maximum atomic E-state index is 12.9. The molecule has 2 aliphatic rings. The van der Waals surface area contributed by atoms with E-state index in [0.717, 1.165) is 57.7 Å². The van der Waals surface area contributed by atoms with Crippen molar-refractivity contribution in [3.8, 4) is 0 Å². The summed E-state index contributed by atoms with van der Waals surface area (Å²) in [6.07, 6.45) is 3.14. The van der Waals surface area contributed by atoms with Crippen LogP contribution >= 0.6 is 0 Å². The zero-order valence-corrected chi connectivity index (χ0v) is 19.0. The monoisotopic (exact) mass is 434 g/mol. The molecular formula is C26H34N4O2. The number of carbonyl (C=O) groups excluding carboxylic acids is 2. The molecule has 2 fully saturated rings. The fourth-order valence-corrected chi connectivity index (χ4v) is 4.69. The predicted molar refractivity (Wildman–Crippen MR) is 129 cm³/mol. The van der Waals surface area contributed by atoms with Gasteiger partial charge in [0.25, 0.3) is 0 Å². The molecule has 32 heavy (non-hydrogen) atoms. The SMILES string of the molecule is CCC(=O)N1CCCCC1C(=O)Nc1ccc(N2CCN(Cc3ccccc3)CC2)cc1. The summed E-state index contributed by atoms with van der Waals surface area (Å²) < 4.78 is 0. The first-order valence-corrected chi connectivity index (χ1v) is 11.9. The van der Waals surface area contributed by atoms with Crippen LogP contribution in [0.1, 0.15) is 38.2 Å². The molecule has 1 N–H and O–H groups in total. The average Bonchev–Trinajstić information content (AvgIpc) is 2.85. The first kappa shape index (κ1) is 22.3. The number of nitrogens with zero attached hydrogens (tertiary/aromatic N) is 3. The molecule has 4 rings (SSSR count). The van der Waals surface area contributed by atoms with Crippen LogP contribution in [0.3, 0.4) is 0 Å². The van der Waals surface area contributed by atoms with Gasteiger partial charge < -0.3 is 15.1 Å². The van der Waals surface area contributed by atoms with Crippen LogP contribution in [-0.2, 0) is 16.1 Å². The molecule has 0 aliphatic carbocycles. The van der Waals surface area contributed by atoms with Gasteiger partial charge in [0.05, 0.1) is 0 Å². The molecule has 170 valence electrons. The van der Waals surface area contributed by atoms with Crippen LogP contribution in [0.4, 0.5) is 11.4 Å². The standard InChI is InChI=1S/C26H34N4O2/c1-2-25(31)30-15-7-6-10-24(30)26(32)27-22-11-13-23(14-12-22)29-18-16-28(17-19-29)20-21-8-4-3-5-9-21/h3-5,8-9,11-14,24H,2,6-7,10,15-20H2,1H3,(H,27,32). The zero-order valence-electron chi connectivity index (χ0n) is 19.0. The first-order valence-electron chi connectivity index (χ1n) is 11.9. The summed E-state index contributed by atoms with van der Waals surface area (Å²) in [5, 5.41) is 3.03. The van der Waals surface area contributed by atoms with E-state index in [1.54, 1.807) is 4.90 Å². The van der Waals surface area contributed by atoms with E-state index in [0.29, 0.717) is 13.0 Å². The Labute approximate surface area is 191 Å². The van der Waals surface area contributed by atoms with Gasteiger partial charge >= 0.3 is 0 Å². The minimum Gasteiger partial charge on any atom is -0.369 e. The number of benzene rings is 2. The van der Waals surface area contributed by atoms with Crippen molar-refractivity contribution in [3.63, 3.8) is 0 Å². The molecule has 2 aromatic rings. The molecule has 6 heteroatoms. The van der Waals surface area contributed by atoms with E-state index in [1.807, 2.05) is 19.1 Å². The van der Waals surface area contributed by atoms with Gasteiger partial charge in [-0.15, -0.1) is 0 Å². The molecule has 0 bridgehead atoms. The van der Waals surface area contributed by atoms with E-state index >= 15 is 0 Å². The van der Waals surface area contributed by atoms with Gasteiger partial charge in [0, 0.05) is 57.1 Å². The second-order valence-electron chi connectivity index (χ2n) is 8.74. The Bertz CT molecular complexity index is 892. The smallest absolute Gasteiger partial charge is 0.247 e. The maximum Gasteiger partial charge on any atom is 0.247 e. The minimum absolute atomic E-state index is 0.0617. The van der Waals surface area contributed by atoms with Crippen LogP contribution in [0.5, 0.6) is 0 Å². The molecule has 0 spiro atoms. The zero-order chi connectivity index (χ0) is 22.3. The second-order valence-corrected chi connectivity index (χ2v) is 8.74. The average molecular weight is 435 g/mol. The molecule has 0 aromatic heterocycles. The lowest BCUT2D eigenvalue weighted by molar-refractivity contribution is -0.140. The van der Waals surface area contributed by atoms with Gasteiger partial charge in [0.1, 0.15) is 6.04 Å². The molecule has 2 aromatic carbocycles. The van der Waals surface area contributed by atoms with Gasteiger partial charge in [-0.3, -0.25) is 14.5 Å². The number of carbonyl (C=O) groups is 2. The van der Waals surface area contributed by atoms with Crippen LogP contribution in [-0.4, -0.2) is 60.4 Å². The van der Waals surface area contributed by atoms with E-state index in [2.05, 4.69) is 57.6 Å². The number of piperazine rings is 1. The quantitative estimate of drug-likeness (QED) is 0.753. The molecular weight excluding hydrogens is 400 g/mol. The maximum absolute atomic E-state index is 12.9. The van der Waals surface area contributed by atoms with Gasteiger partial charge in [0.15, 0.2) is 0 Å². The molecule has 6 nitrogen and oxygen atoms in total. The highest BCUT2D eigenvalue weighted by Crippen LogP contribution is 2.23. The van der Waals surface area contributed by atoms with E-state index < -0.39 is 0 Å². The Morgan fingerprint density at radius 2 is 1.62 bits per heavy atom. The number of piperidine rings is 1. The minimum atomic E-state index is -0.353. The number of nitrogens with one attached hydrogen (secondary N) is 1. The number of likely N-dealkylation sites (tertiary alicyclic amines) is 1. The molecule has 2 saturated heterocycles. The number of hydrogen-bond acceptors (Lipinski definition) is 4. The Hall–Kier alpha value is -2.86. The summed E-state index contributed by atoms with van der Waals surface area (Å²) >= 11 is 0. The largest absolute Gasteiger partial charge is 0.369 e. The molecule has 2 amide bonds. The van der Waals surface area contributed by atoms with Gasteiger partial charge in [-0.2, -0.15) is 0 Å². The van der Waals surface area contributed by atoms with Crippen LogP contribution in [0.2, 0.25) is 0 Å². The van der Waals surface area contributed by atoms with E-state index in [4.69, 9.17) is 0 Å². The number of hydrogen-bond donors (Lipinski definition) is 1. The molecule has 2 heterocycles. The Kier molecular flexibility index (Phi) is 7.43. The highest BCUT2D eigenvalue weighted by atomic mass is 16.2. The number of rotatable bonds is 6. The van der Waals surface area contributed by atoms with Crippen molar-refractivity contribution in [3.05, 3.63) is 60.2 Å². The summed E-state index contributed by atoms with van der Waals surface area (Å²) in [7, 11) is 0. The van der Waals surface area contributed by atoms with Crippen molar-refractivity contribution in [1.29, 1.82) is 0 Å². The summed E-state index contributed by atoms with van der Waals surface area (Å²) in [6, 6.07) is 18.4. The van der Waals surface area contributed by atoms with Crippen LogP contribution in [0, 0.1) is 0 Å². The van der Waals surface area contributed by atoms with Crippen molar-refractivity contribution in [2.75, 3.05) is 42.9 Å².